The minimum Gasteiger partial charge on any atom is -0.390 e. The molecule has 21 heteroatoms. The number of aliphatic hydroxyl groups is 1. The first-order chi connectivity index (χ1) is 14.0. The van der Waals surface area contributed by atoms with Crippen molar-refractivity contribution in [2.75, 3.05) is 0 Å². The Balaban J connectivity index is 0. The lowest BCUT2D eigenvalue weighted by Gasteiger charge is -2.33. The summed E-state index contributed by atoms with van der Waals surface area (Å²) in [5, 5.41) is 8.68. The van der Waals surface area contributed by atoms with Crippen molar-refractivity contribution in [2.24, 2.45) is 7.05 Å². The van der Waals surface area contributed by atoms with Crippen LogP contribution in [0.4, 0.5) is 39.5 Å². The predicted molar refractivity (Wildman–Crippen MR) is 84.2 cm³/mol. The molecule has 0 aliphatic carbocycles. The Kier molecular flexibility index (Phi) is 11.4. The van der Waals surface area contributed by atoms with Crippen molar-refractivity contribution in [1.82, 2.24) is 4.98 Å². The summed E-state index contributed by atoms with van der Waals surface area (Å²) < 4.78 is 162. The van der Waals surface area contributed by atoms with Gasteiger partial charge >= 0.3 is 22.6 Å². The monoisotopic (exact) mass is 550 g/mol. The van der Waals surface area contributed by atoms with Gasteiger partial charge in [0.05, 0.1) is 12.8 Å². The number of hydrogen-bond donors (Lipinski definition) is 1. The minimum atomic E-state index is -7.75. The molecule has 188 valence electrons. The van der Waals surface area contributed by atoms with E-state index in [1.54, 1.807) is 6.20 Å². The van der Waals surface area contributed by atoms with Gasteiger partial charge in [-0.05, 0) is 0 Å². The zero-order chi connectivity index (χ0) is 26.3. The first-order valence-electron chi connectivity index (χ1n) is 6.93. The predicted octanol–water partition coefficient (Wildman–Crippen LogP) is 0.944. The molecular formula is C11H11F9N2O7S3. The molecule has 0 radical (unpaired) electrons. The lowest BCUT2D eigenvalue weighted by molar-refractivity contribution is -0.678. The topological polar surface area (TPSA) is 139 Å². The van der Waals surface area contributed by atoms with E-state index in [2.05, 4.69) is 4.98 Å². The Morgan fingerprint density at radius 3 is 1.53 bits per heavy atom. The number of aliphatic hydroxyl groups excluding tert-OH is 1. The summed E-state index contributed by atoms with van der Waals surface area (Å²) in [6.45, 7) is 1.97. The number of halogens is 9. The van der Waals surface area contributed by atoms with Gasteiger partial charge in [-0.15, -0.1) is 0 Å². The number of sulfone groups is 2. The molecule has 1 N–H and O–H groups in total. The molecule has 1 rings (SSSR count). The Morgan fingerprint density at radius 1 is 0.969 bits per heavy atom. The van der Waals surface area contributed by atoms with E-state index in [-0.39, 0.29) is 6.61 Å². The molecule has 32 heavy (non-hydrogen) atoms. The summed E-state index contributed by atoms with van der Waals surface area (Å²) in [5.41, 5.74) is -11.9. The fourth-order valence-electron chi connectivity index (χ4n) is 1.37. The highest BCUT2D eigenvalue weighted by Crippen LogP contribution is 2.48. The van der Waals surface area contributed by atoms with Gasteiger partial charge in [0.1, 0.15) is 32.4 Å². The normalized spacial score (nSPS) is 12.9. The molecule has 0 spiro atoms. The molecule has 0 amide bonds. The van der Waals surface area contributed by atoms with Gasteiger partial charge in [0.25, 0.3) is 6.18 Å². The van der Waals surface area contributed by atoms with Crippen LogP contribution in [0.5, 0.6) is 0 Å². The van der Waals surface area contributed by atoms with E-state index < -0.39 is 53.0 Å². The van der Waals surface area contributed by atoms with Crippen LogP contribution in [0.15, 0.2) is 12.4 Å². The van der Waals surface area contributed by atoms with Crippen LogP contribution in [0.3, 0.4) is 0 Å². The standard InChI is InChI=1S/C7H11N2O.C4F9O4S2.O2S/c1-6-3-8-7(5-10)4-9(6)2;5-2(6,7)1(18(14,15)3(8,9)10)19(16,17)4(11,12)13;1-3-2/h3-4,10H,5H2,1-2H3;;/q+1;-1;. The molecule has 0 atom stereocenters. The van der Waals surface area contributed by atoms with Crippen molar-refractivity contribution >= 4 is 31.2 Å². The van der Waals surface area contributed by atoms with Crippen molar-refractivity contribution in [3.05, 3.63) is 28.4 Å². The van der Waals surface area contributed by atoms with E-state index in [1.165, 1.54) is 0 Å². The van der Waals surface area contributed by atoms with Crippen LogP contribution in [-0.4, -0.2) is 52.5 Å². The van der Waals surface area contributed by atoms with Gasteiger partial charge in [0.2, 0.25) is 0 Å². The van der Waals surface area contributed by atoms with Crippen LogP contribution in [0.2, 0.25) is 0 Å². The van der Waals surface area contributed by atoms with Crippen molar-refractivity contribution in [3.8, 4) is 0 Å². The smallest absolute Gasteiger partial charge is 0.390 e. The summed E-state index contributed by atoms with van der Waals surface area (Å²) in [4.78, 5) is 3.99. The van der Waals surface area contributed by atoms with E-state index >= 15 is 0 Å². The van der Waals surface area contributed by atoms with Crippen LogP contribution >= 0.6 is 0 Å². The average molecular weight is 550 g/mol. The highest BCUT2D eigenvalue weighted by molar-refractivity contribution is 8.13. The van der Waals surface area contributed by atoms with Crippen molar-refractivity contribution in [2.45, 2.75) is 30.7 Å². The zero-order valence-electron chi connectivity index (χ0n) is 15.3. The van der Waals surface area contributed by atoms with Crippen LogP contribution in [0.1, 0.15) is 11.4 Å². The van der Waals surface area contributed by atoms with E-state index in [9.17, 15) is 56.3 Å². The van der Waals surface area contributed by atoms with Crippen LogP contribution in [0.25, 0.3) is 0 Å². The maximum Gasteiger partial charge on any atom is 0.470 e. The number of hydrogen-bond acceptors (Lipinski definition) is 8. The molecule has 1 heterocycles. The number of aromatic nitrogens is 2. The Morgan fingerprint density at radius 2 is 1.31 bits per heavy atom. The zero-order valence-corrected chi connectivity index (χ0v) is 17.7. The van der Waals surface area contributed by atoms with Crippen molar-refractivity contribution < 1.29 is 74.4 Å². The molecule has 9 nitrogen and oxygen atoms in total. The van der Waals surface area contributed by atoms with E-state index in [4.69, 9.17) is 13.5 Å². The van der Waals surface area contributed by atoms with Crippen molar-refractivity contribution in [1.29, 1.82) is 0 Å². The second kappa shape index (κ2) is 11.3. The number of rotatable bonds is 3. The molecule has 0 saturated heterocycles. The lowest BCUT2D eigenvalue weighted by Crippen LogP contribution is -2.46. The van der Waals surface area contributed by atoms with Crippen LogP contribution < -0.4 is 4.57 Å². The summed E-state index contributed by atoms with van der Waals surface area (Å²) in [5.74, 6) is 0. The summed E-state index contributed by atoms with van der Waals surface area (Å²) in [7, 11) is -13.6. The molecular weight excluding hydrogens is 539 g/mol. The van der Waals surface area contributed by atoms with Crippen molar-refractivity contribution in [3.63, 3.8) is 0 Å². The third-order valence-corrected chi connectivity index (χ3v) is 6.78. The third kappa shape index (κ3) is 8.58. The molecule has 1 aromatic rings. The number of nitrogens with zero attached hydrogens (tertiary/aromatic N) is 2. The summed E-state index contributed by atoms with van der Waals surface area (Å²) in [6.07, 6.45) is -3.34. The van der Waals surface area contributed by atoms with E-state index in [0.29, 0.717) is 5.69 Å². The second-order valence-corrected chi connectivity index (χ2v) is 9.19. The number of alkyl halides is 9. The third-order valence-electron chi connectivity index (χ3n) is 2.81. The highest BCUT2D eigenvalue weighted by Gasteiger charge is 2.61. The number of aryl methyl sites for hydroxylation is 2. The Labute approximate surface area is 177 Å². The van der Waals surface area contributed by atoms with Gasteiger partial charge in [-0.1, -0.05) is 0 Å². The minimum absolute atomic E-state index is 0.00806. The molecule has 0 aromatic carbocycles. The maximum atomic E-state index is 12.0. The van der Waals surface area contributed by atoms with Gasteiger partial charge in [0.15, 0.2) is 11.9 Å². The van der Waals surface area contributed by atoms with Crippen LogP contribution in [-0.2, 0) is 44.9 Å². The fraction of sp³-hybridized carbons (Fsp3) is 0.545. The van der Waals surface area contributed by atoms with E-state index in [1.807, 2.05) is 24.7 Å². The van der Waals surface area contributed by atoms with Gasteiger partial charge in [-0.2, -0.15) is 34.8 Å². The largest absolute Gasteiger partial charge is 0.470 e. The van der Waals surface area contributed by atoms with Gasteiger partial charge in [0, 0.05) is 11.5 Å². The molecule has 1 aromatic heterocycles. The quantitative estimate of drug-likeness (QED) is 0.334. The first kappa shape index (κ1) is 32.3. The second-order valence-electron chi connectivity index (χ2n) is 5.04. The highest BCUT2D eigenvalue weighted by atomic mass is 32.3. The molecule has 0 fully saturated rings. The Bertz CT molecular complexity index is 969. The van der Waals surface area contributed by atoms with Gasteiger partial charge in [-0.25, -0.2) is 22.7 Å². The van der Waals surface area contributed by atoms with E-state index in [0.717, 1.165) is 5.69 Å². The molecule has 0 aliphatic rings. The SMILES string of the molecule is Cc1cnc(CO)c[n+]1C.O=S(=O)([C-](C(F)(F)F)S(=O)(=O)C(F)(F)F)C(F)(F)F.O=S=O. The summed E-state index contributed by atoms with van der Waals surface area (Å²) >= 11 is -0.750. The summed E-state index contributed by atoms with van der Waals surface area (Å²) in [6, 6.07) is 0. The molecule has 0 aliphatic heterocycles. The van der Waals surface area contributed by atoms with Gasteiger partial charge < -0.3 is 5.11 Å². The molecule has 0 bridgehead atoms. The van der Waals surface area contributed by atoms with Gasteiger partial charge in [-0.3, -0.25) is 16.8 Å². The maximum absolute atomic E-state index is 12.0. The lowest BCUT2D eigenvalue weighted by atomic mass is 10.4. The average Bonchev–Trinajstić information content (AvgIpc) is 2.54. The fourth-order valence-corrected chi connectivity index (χ4v) is 4.12. The molecule has 0 unspecified atom stereocenters. The van der Waals surface area contributed by atoms with Crippen LogP contribution in [0, 0.1) is 11.5 Å². The molecule has 0 saturated carbocycles. The Hall–Kier alpha value is -1.87. The first-order valence-corrected chi connectivity index (χ1v) is 10.6.